The summed E-state index contributed by atoms with van der Waals surface area (Å²) in [5.74, 6) is -0.326. The molecule has 128 valence electrons. The van der Waals surface area contributed by atoms with Crippen molar-refractivity contribution < 1.29 is 17.9 Å². The molecule has 1 saturated heterocycles. The molecule has 2 rings (SSSR count). The number of amides is 1. The number of hydrogen-bond acceptors (Lipinski definition) is 5. The normalized spacial score (nSPS) is 16.0. The van der Waals surface area contributed by atoms with Crippen LogP contribution in [0.2, 0.25) is 0 Å². The first kappa shape index (κ1) is 17.7. The number of para-hydroxylation sites is 1. The van der Waals surface area contributed by atoms with Crippen LogP contribution in [0.4, 0.5) is 5.69 Å². The molecule has 0 unspecified atom stereocenters. The number of carbonyl (C=O) groups is 1. The fourth-order valence-corrected chi connectivity index (χ4v) is 2.91. The smallest absolute Gasteiger partial charge is 0.253 e. The van der Waals surface area contributed by atoms with Gasteiger partial charge in [-0.3, -0.25) is 14.4 Å². The van der Waals surface area contributed by atoms with Gasteiger partial charge < -0.3 is 10.1 Å². The van der Waals surface area contributed by atoms with Gasteiger partial charge in [-0.05, 0) is 19.1 Å². The number of morpholine rings is 1. The Balaban J connectivity index is 1.93. The average Bonchev–Trinajstić information content (AvgIpc) is 2.56. The topological polar surface area (TPSA) is 87.7 Å². The molecule has 0 aromatic heterocycles. The van der Waals surface area contributed by atoms with Gasteiger partial charge in [0.05, 0.1) is 30.2 Å². The molecule has 1 heterocycles. The van der Waals surface area contributed by atoms with Gasteiger partial charge in [0.1, 0.15) is 0 Å². The van der Waals surface area contributed by atoms with E-state index in [2.05, 4.69) is 14.9 Å². The molecule has 1 fully saturated rings. The van der Waals surface area contributed by atoms with Gasteiger partial charge in [-0.15, -0.1) is 0 Å². The van der Waals surface area contributed by atoms with E-state index in [9.17, 15) is 13.2 Å². The van der Waals surface area contributed by atoms with Crippen molar-refractivity contribution in [3.8, 4) is 0 Å². The summed E-state index contributed by atoms with van der Waals surface area (Å²) in [6.45, 7) is 5.97. The van der Waals surface area contributed by atoms with Crippen LogP contribution >= 0.6 is 0 Å². The number of benzene rings is 1. The fourth-order valence-electron chi connectivity index (χ4n) is 2.26. The van der Waals surface area contributed by atoms with Crippen LogP contribution in [0, 0.1) is 0 Å². The maximum atomic E-state index is 12.3. The number of hydrogen-bond donors (Lipinski definition) is 2. The molecule has 1 aliphatic heterocycles. The lowest BCUT2D eigenvalue weighted by Gasteiger charge is -2.26. The summed E-state index contributed by atoms with van der Waals surface area (Å²) in [6, 6.07) is 6.60. The zero-order valence-electron chi connectivity index (χ0n) is 13.2. The lowest BCUT2D eigenvalue weighted by atomic mass is 10.1. The van der Waals surface area contributed by atoms with E-state index in [1.165, 1.54) is 0 Å². The van der Waals surface area contributed by atoms with Gasteiger partial charge in [0.15, 0.2) is 0 Å². The van der Waals surface area contributed by atoms with Crippen LogP contribution in [0.1, 0.15) is 17.3 Å². The van der Waals surface area contributed by atoms with Crippen LogP contribution in [0.25, 0.3) is 0 Å². The molecule has 1 amide bonds. The third kappa shape index (κ3) is 5.49. The van der Waals surface area contributed by atoms with Gasteiger partial charge in [0.25, 0.3) is 5.91 Å². The highest BCUT2D eigenvalue weighted by atomic mass is 32.2. The van der Waals surface area contributed by atoms with Crippen molar-refractivity contribution >= 4 is 21.6 Å². The minimum absolute atomic E-state index is 0.0417. The van der Waals surface area contributed by atoms with E-state index >= 15 is 0 Å². The Labute approximate surface area is 137 Å². The minimum Gasteiger partial charge on any atom is -0.379 e. The number of anilines is 1. The van der Waals surface area contributed by atoms with E-state index in [1.54, 1.807) is 31.2 Å². The van der Waals surface area contributed by atoms with E-state index < -0.39 is 10.0 Å². The quantitative estimate of drug-likeness (QED) is 0.754. The summed E-state index contributed by atoms with van der Waals surface area (Å²) in [6.07, 6.45) is 0. The van der Waals surface area contributed by atoms with Crippen LogP contribution in [0.5, 0.6) is 0 Å². The van der Waals surface area contributed by atoms with E-state index in [1.807, 2.05) is 0 Å². The molecule has 0 spiro atoms. The number of nitrogens with one attached hydrogen (secondary N) is 2. The summed E-state index contributed by atoms with van der Waals surface area (Å²) in [5.41, 5.74) is 0.629. The molecule has 1 aromatic rings. The molecular weight excluding hydrogens is 318 g/mol. The number of nitrogens with zero attached hydrogens (tertiary/aromatic N) is 1. The highest BCUT2D eigenvalue weighted by Gasteiger charge is 2.15. The first-order valence-electron chi connectivity index (χ1n) is 7.69. The Morgan fingerprint density at radius 3 is 2.65 bits per heavy atom. The molecular formula is C15H23N3O4S. The standard InChI is InChI=1S/C15H23N3O4S/c1-2-23(20,21)17-14-6-4-3-5-13(14)15(19)16-7-8-18-9-11-22-12-10-18/h3-6,17H,2,7-12H2,1H3,(H,16,19). The Kier molecular flexibility index (Phi) is 6.37. The summed E-state index contributed by atoms with van der Waals surface area (Å²) in [7, 11) is -3.42. The second-order valence-electron chi connectivity index (χ2n) is 5.26. The summed E-state index contributed by atoms with van der Waals surface area (Å²) in [5, 5.41) is 2.83. The van der Waals surface area contributed by atoms with Crippen molar-refractivity contribution in [2.45, 2.75) is 6.92 Å². The summed E-state index contributed by atoms with van der Waals surface area (Å²) < 4.78 is 31.1. The van der Waals surface area contributed by atoms with Crippen molar-refractivity contribution in [1.82, 2.24) is 10.2 Å². The maximum absolute atomic E-state index is 12.3. The van der Waals surface area contributed by atoms with E-state index in [-0.39, 0.29) is 11.7 Å². The Morgan fingerprint density at radius 1 is 1.26 bits per heavy atom. The molecule has 1 aromatic carbocycles. The van der Waals surface area contributed by atoms with Gasteiger partial charge in [-0.25, -0.2) is 8.42 Å². The first-order valence-corrected chi connectivity index (χ1v) is 9.35. The molecule has 2 N–H and O–H groups in total. The van der Waals surface area contributed by atoms with E-state index in [0.717, 1.165) is 32.8 Å². The minimum atomic E-state index is -3.42. The highest BCUT2D eigenvalue weighted by molar-refractivity contribution is 7.92. The second-order valence-corrected chi connectivity index (χ2v) is 7.27. The molecule has 0 aliphatic carbocycles. The third-order valence-corrected chi connectivity index (χ3v) is 4.93. The predicted octanol–water partition coefficient (Wildman–Crippen LogP) is 0.510. The van der Waals surface area contributed by atoms with Crippen LogP contribution in [-0.2, 0) is 14.8 Å². The highest BCUT2D eigenvalue weighted by Crippen LogP contribution is 2.16. The lowest BCUT2D eigenvalue weighted by Crippen LogP contribution is -2.41. The van der Waals surface area contributed by atoms with E-state index in [0.29, 0.717) is 17.8 Å². The van der Waals surface area contributed by atoms with Crippen molar-refractivity contribution in [2.24, 2.45) is 0 Å². The lowest BCUT2D eigenvalue weighted by molar-refractivity contribution is 0.0383. The predicted molar refractivity (Wildman–Crippen MR) is 89.1 cm³/mol. The Bertz CT molecular complexity index is 627. The number of ether oxygens (including phenoxy) is 1. The summed E-state index contributed by atoms with van der Waals surface area (Å²) >= 11 is 0. The molecule has 0 atom stereocenters. The SMILES string of the molecule is CCS(=O)(=O)Nc1ccccc1C(=O)NCCN1CCOCC1. The number of rotatable bonds is 7. The maximum Gasteiger partial charge on any atom is 0.253 e. The summed E-state index contributed by atoms with van der Waals surface area (Å²) in [4.78, 5) is 14.5. The monoisotopic (exact) mass is 341 g/mol. The third-order valence-electron chi connectivity index (χ3n) is 3.63. The molecule has 7 nitrogen and oxygen atoms in total. The molecule has 23 heavy (non-hydrogen) atoms. The fraction of sp³-hybridized carbons (Fsp3) is 0.533. The van der Waals surface area contributed by atoms with Crippen molar-refractivity contribution in [3.05, 3.63) is 29.8 Å². The van der Waals surface area contributed by atoms with Crippen LogP contribution in [0.3, 0.4) is 0 Å². The van der Waals surface area contributed by atoms with Crippen LogP contribution in [0.15, 0.2) is 24.3 Å². The van der Waals surface area contributed by atoms with Gasteiger partial charge in [-0.2, -0.15) is 0 Å². The molecule has 0 radical (unpaired) electrons. The van der Waals surface area contributed by atoms with Crippen molar-refractivity contribution in [2.75, 3.05) is 49.9 Å². The molecule has 8 heteroatoms. The average molecular weight is 341 g/mol. The molecule has 1 aliphatic rings. The van der Waals surface area contributed by atoms with E-state index in [4.69, 9.17) is 4.74 Å². The molecule has 0 bridgehead atoms. The van der Waals surface area contributed by atoms with Crippen LogP contribution in [-0.4, -0.2) is 64.4 Å². The van der Waals surface area contributed by atoms with Gasteiger partial charge in [0.2, 0.25) is 10.0 Å². The number of carbonyl (C=O) groups excluding carboxylic acids is 1. The van der Waals surface area contributed by atoms with Gasteiger partial charge >= 0.3 is 0 Å². The zero-order chi connectivity index (χ0) is 16.7. The number of sulfonamides is 1. The Hall–Kier alpha value is -1.64. The zero-order valence-corrected chi connectivity index (χ0v) is 14.1. The Morgan fingerprint density at radius 2 is 1.96 bits per heavy atom. The van der Waals surface area contributed by atoms with Crippen molar-refractivity contribution in [3.63, 3.8) is 0 Å². The molecule has 0 saturated carbocycles. The van der Waals surface area contributed by atoms with Gasteiger partial charge in [0, 0.05) is 26.2 Å². The van der Waals surface area contributed by atoms with Crippen molar-refractivity contribution in [1.29, 1.82) is 0 Å². The van der Waals surface area contributed by atoms with Gasteiger partial charge in [-0.1, -0.05) is 12.1 Å². The second kappa shape index (κ2) is 8.28. The van der Waals surface area contributed by atoms with Crippen LogP contribution < -0.4 is 10.0 Å². The first-order chi connectivity index (χ1) is 11.0. The largest absolute Gasteiger partial charge is 0.379 e.